The van der Waals surface area contributed by atoms with Crippen molar-refractivity contribution in [1.82, 2.24) is 14.5 Å². The summed E-state index contributed by atoms with van der Waals surface area (Å²) in [6.45, 7) is 6.53. The molecular weight excluding hydrogens is 426 g/mol. The molecule has 0 saturated heterocycles. The van der Waals surface area contributed by atoms with Crippen molar-refractivity contribution in [3.63, 3.8) is 0 Å². The second-order valence-corrected chi connectivity index (χ2v) is 9.87. The fraction of sp³-hybridized carbons (Fsp3) is 0.417. The van der Waals surface area contributed by atoms with Gasteiger partial charge in [-0.2, -0.15) is 0 Å². The maximum atomic E-state index is 13.1. The van der Waals surface area contributed by atoms with Gasteiger partial charge in [0.1, 0.15) is 6.04 Å². The molecule has 0 aliphatic carbocycles. The lowest BCUT2D eigenvalue weighted by atomic mass is 10.1. The molecule has 1 N–H and O–H groups in total. The van der Waals surface area contributed by atoms with Crippen molar-refractivity contribution in [2.45, 2.75) is 51.1 Å². The van der Waals surface area contributed by atoms with Gasteiger partial charge in [-0.25, -0.2) is 12.7 Å². The normalized spacial score (nSPS) is 12.4. The minimum atomic E-state index is -3.60. The topological polar surface area (TPSA) is 86.8 Å². The molecule has 7 nitrogen and oxygen atoms in total. The number of sulfonamides is 1. The number of rotatable bonds is 11. The molecule has 2 aromatic rings. The molecule has 2 amide bonds. The van der Waals surface area contributed by atoms with E-state index < -0.39 is 16.1 Å². The van der Waals surface area contributed by atoms with Gasteiger partial charge in [-0.05, 0) is 44.9 Å². The number of carbonyl (C=O) groups excluding carboxylic acids is 2. The van der Waals surface area contributed by atoms with E-state index in [9.17, 15) is 18.0 Å². The van der Waals surface area contributed by atoms with Crippen molar-refractivity contribution >= 4 is 21.8 Å². The van der Waals surface area contributed by atoms with Gasteiger partial charge in [0.2, 0.25) is 21.8 Å². The minimum Gasteiger partial charge on any atom is -0.355 e. The summed E-state index contributed by atoms with van der Waals surface area (Å²) < 4.78 is 26.6. The number of nitrogens with zero attached hydrogens (tertiary/aromatic N) is 2. The van der Waals surface area contributed by atoms with Crippen LogP contribution >= 0.6 is 0 Å². The standard InChI is InChI=1S/C24H33N3O4S/c1-5-25-24(29)20(3)27(18-21-12-9-11-19(2)17-21)23(28)15-10-16-26(4)32(30,31)22-13-7-6-8-14-22/h6-9,11-14,17,20H,5,10,15-16,18H2,1-4H3,(H,25,29)/t20-/m1/s1. The van der Waals surface area contributed by atoms with Crippen LogP contribution in [0.3, 0.4) is 0 Å². The van der Waals surface area contributed by atoms with Gasteiger partial charge in [-0.15, -0.1) is 0 Å². The highest BCUT2D eigenvalue weighted by Gasteiger charge is 2.26. The second-order valence-electron chi connectivity index (χ2n) is 7.82. The van der Waals surface area contributed by atoms with E-state index in [0.717, 1.165) is 11.1 Å². The lowest BCUT2D eigenvalue weighted by Gasteiger charge is -2.29. The van der Waals surface area contributed by atoms with E-state index in [1.807, 2.05) is 38.1 Å². The zero-order valence-electron chi connectivity index (χ0n) is 19.2. The van der Waals surface area contributed by atoms with Gasteiger partial charge in [0.05, 0.1) is 4.90 Å². The van der Waals surface area contributed by atoms with Crippen LogP contribution in [0.2, 0.25) is 0 Å². The first-order valence-electron chi connectivity index (χ1n) is 10.8. The number of amides is 2. The third-order valence-corrected chi connectivity index (χ3v) is 7.14. The predicted molar refractivity (Wildman–Crippen MR) is 125 cm³/mol. The molecule has 2 rings (SSSR count). The number of nitrogens with one attached hydrogen (secondary N) is 1. The summed E-state index contributed by atoms with van der Waals surface area (Å²) in [5.74, 6) is -0.395. The zero-order chi connectivity index (χ0) is 23.7. The van der Waals surface area contributed by atoms with Crippen molar-refractivity contribution in [1.29, 1.82) is 0 Å². The lowest BCUT2D eigenvalue weighted by Crippen LogP contribution is -2.47. The van der Waals surface area contributed by atoms with E-state index in [4.69, 9.17) is 0 Å². The molecule has 32 heavy (non-hydrogen) atoms. The van der Waals surface area contributed by atoms with Crippen LogP contribution in [0.5, 0.6) is 0 Å². The summed E-state index contributed by atoms with van der Waals surface area (Å²) in [7, 11) is -2.09. The Hall–Kier alpha value is -2.71. The van der Waals surface area contributed by atoms with Crippen molar-refractivity contribution in [3.05, 3.63) is 65.7 Å². The fourth-order valence-corrected chi connectivity index (χ4v) is 4.63. The van der Waals surface area contributed by atoms with Crippen LogP contribution in [-0.4, -0.2) is 55.6 Å². The Morgan fingerprint density at radius 2 is 1.75 bits per heavy atom. The fourth-order valence-electron chi connectivity index (χ4n) is 3.40. The highest BCUT2D eigenvalue weighted by molar-refractivity contribution is 7.89. The van der Waals surface area contributed by atoms with Gasteiger partial charge in [0.25, 0.3) is 0 Å². The summed E-state index contributed by atoms with van der Waals surface area (Å²) in [5, 5.41) is 2.77. The first kappa shape index (κ1) is 25.5. The molecule has 1 atom stereocenters. The minimum absolute atomic E-state index is 0.143. The van der Waals surface area contributed by atoms with Crippen LogP contribution in [0.4, 0.5) is 0 Å². The Bertz CT molecular complexity index is 1010. The van der Waals surface area contributed by atoms with E-state index in [0.29, 0.717) is 19.5 Å². The molecule has 8 heteroatoms. The molecular formula is C24H33N3O4S. The van der Waals surface area contributed by atoms with Crippen LogP contribution in [0.1, 0.15) is 37.8 Å². The zero-order valence-corrected chi connectivity index (χ0v) is 20.1. The highest BCUT2D eigenvalue weighted by Crippen LogP contribution is 2.16. The summed E-state index contributed by atoms with van der Waals surface area (Å²) in [5.41, 5.74) is 2.02. The summed E-state index contributed by atoms with van der Waals surface area (Å²) in [6.07, 6.45) is 0.498. The average molecular weight is 460 g/mol. The van der Waals surface area contributed by atoms with Crippen molar-refractivity contribution in [3.8, 4) is 0 Å². The molecule has 174 valence electrons. The molecule has 0 aromatic heterocycles. The number of likely N-dealkylation sites (N-methyl/N-ethyl adjacent to an activating group) is 1. The van der Waals surface area contributed by atoms with Crippen LogP contribution in [0.25, 0.3) is 0 Å². The Kier molecular flexibility index (Phi) is 9.41. The molecule has 0 radical (unpaired) electrons. The third-order valence-electron chi connectivity index (χ3n) is 5.27. The summed E-state index contributed by atoms with van der Waals surface area (Å²) in [6, 6.07) is 15.4. The van der Waals surface area contributed by atoms with Crippen LogP contribution in [0.15, 0.2) is 59.5 Å². The van der Waals surface area contributed by atoms with Gasteiger partial charge < -0.3 is 10.2 Å². The van der Waals surface area contributed by atoms with E-state index in [1.54, 1.807) is 42.2 Å². The van der Waals surface area contributed by atoms with Crippen molar-refractivity contribution in [2.75, 3.05) is 20.1 Å². The Morgan fingerprint density at radius 1 is 1.06 bits per heavy atom. The maximum absolute atomic E-state index is 13.1. The molecule has 0 aliphatic rings. The molecule has 0 saturated carbocycles. The SMILES string of the molecule is CCNC(=O)[C@@H](C)N(Cc1cccc(C)c1)C(=O)CCCN(C)S(=O)(=O)c1ccccc1. The molecule has 0 bridgehead atoms. The van der Waals surface area contributed by atoms with Crippen molar-refractivity contribution < 1.29 is 18.0 Å². The van der Waals surface area contributed by atoms with Crippen LogP contribution in [-0.2, 0) is 26.2 Å². The third kappa shape index (κ3) is 6.90. The first-order valence-corrected chi connectivity index (χ1v) is 12.2. The van der Waals surface area contributed by atoms with E-state index >= 15 is 0 Å². The second kappa shape index (κ2) is 11.8. The Labute approximate surface area is 191 Å². The van der Waals surface area contributed by atoms with Gasteiger partial charge in [0.15, 0.2) is 0 Å². The molecule has 0 fully saturated rings. The van der Waals surface area contributed by atoms with Crippen LogP contribution in [0, 0.1) is 6.92 Å². The average Bonchev–Trinajstić information content (AvgIpc) is 2.77. The van der Waals surface area contributed by atoms with Gasteiger partial charge in [-0.1, -0.05) is 48.0 Å². The summed E-state index contributed by atoms with van der Waals surface area (Å²) >= 11 is 0. The monoisotopic (exact) mass is 459 g/mol. The largest absolute Gasteiger partial charge is 0.355 e. The van der Waals surface area contributed by atoms with Gasteiger partial charge >= 0.3 is 0 Å². The van der Waals surface area contributed by atoms with E-state index in [-0.39, 0.29) is 29.7 Å². The molecule has 2 aromatic carbocycles. The van der Waals surface area contributed by atoms with E-state index in [2.05, 4.69) is 5.32 Å². The molecule has 0 heterocycles. The quantitative estimate of drug-likeness (QED) is 0.560. The number of carbonyl (C=O) groups is 2. The van der Waals surface area contributed by atoms with Crippen LogP contribution < -0.4 is 5.32 Å². The number of benzene rings is 2. The number of aryl methyl sites for hydroxylation is 1. The Balaban J connectivity index is 2.06. The van der Waals surface area contributed by atoms with E-state index in [1.165, 1.54) is 11.4 Å². The predicted octanol–water partition coefficient (Wildman–Crippen LogP) is 2.95. The smallest absolute Gasteiger partial charge is 0.242 e. The summed E-state index contributed by atoms with van der Waals surface area (Å²) in [4.78, 5) is 27.3. The van der Waals surface area contributed by atoms with Crippen molar-refractivity contribution in [2.24, 2.45) is 0 Å². The lowest BCUT2D eigenvalue weighted by molar-refractivity contribution is -0.140. The number of hydrogen-bond donors (Lipinski definition) is 1. The highest BCUT2D eigenvalue weighted by atomic mass is 32.2. The molecule has 0 unspecified atom stereocenters. The van der Waals surface area contributed by atoms with Gasteiger partial charge in [-0.3, -0.25) is 9.59 Å². The Morgan fingerprint density at radius 3 is 2.38 bits per heavy atom. The van der Waals surface area contributed by atoms with Gasteiger partial charge in [0, 0.05) is 33.1 Å². The first-order chi connectivity index (χ1) is 15.2. The molecule has 0 spiro atoms. The number of hydrogen-bond acceptors (Lipinski definition) is 4. The maximum Gasteiger partial charge on any atom is 0.242 e. The molecule has 0 aliphatic heterocycles.